The standard InChI is InChI=1S/C18H12AsF3O5/c20-18(21,22)17(26)19-12(16(24)25)8-13(23)9-5-6-15-11(7-9)10-3-1-2-4-14(10)27-15/h1-7,12,19H,8H2,(H,24,25). The van der Waals surface area contributed by atoms with E-state index in [1.807, 2.05) is 0 Å². The predicted molar refractivity (Wildman–Crippen MR) is 92.3 cm³/mol. The van der Waals surface area contributed by atoms with Crippen LogP contribution in [0.25, 0.3) is 21.9 Å². The third kappa shape index (κ3) is 4.06. The van der Waals surface area contributed by atoms with E-state index >= 15 is 0 Å². The minimum atomic E-state index is -5.08. The van der Waals surface area contributed by atoms with Crippen molar-refractivity contribution in [3.63, 3.8) is 0 Å². The Morgan fingerprint density at radius 3 is 2.37 bits per heavy atom. The van der Waals surface area contributed by atoms with Crippen molar-refractivity contribution >= 4 is 54.0 Å². The van der Waals surface area contributed by atoms with Gasteiger partial charge in [0.05, 0.1) is 0 Å². The van der Waals surface area contributed by atoms with E-state index in [0.29, 0.717) is 16.6 Å². The van der Waals surface area contributed by atoms with Crippen LogP contribution < -0.4 is 0 Å². The van der Waals surface area contributed by atoms with Gasteiger partial charge in [0.25, 0.3) is 0 Å². The molecule has 0 radical (unpaired) electrons. The van der Waals surface area contributed by atoms with E-state index in [2.05, 4.69) is 0 Å². The SMILES string of the molecule is O=C(CC([AsH]C(=O)C(F)(F)F)C(=O)O)c1ccc2oc3ccccc3c2c1. The first kappa shape index (κ1) is 19.2. The van der Waals surface area contributed by atoms with Crippen LogP contribution in [-0.4, -0.2) is 43.4 Å². The number of halogens is 3. The quantitative estimate of drug-likeness (QED) is 0.468. The number of rotatable bonds is 6. The number of alkyl halides is 3. The molecule has 1 heterocycles. The fourth-order valence-corrected chi connectivity index (χ4v) is 4.51. The second-order valence-electron chi connectivity index (χ2n) is 5.80. The first-order valence-electron chi connectivity index (χ1n) is 7.72. The van der Waals surface area contributed by atoms with E-state index in [-0.39, 0.29) is 5.56 Å². The third-order valence-corrected chi connectivity index (χ3v) is 6.77. The van der Waals surface area contributed by atoms with Crippen molar-refractivity contribution in [2.45, 2.75) is 17.3 Å². The van der Waals surface area contributed by atoms with Gasteiger partial charge in [0.2, 0.25) is 0 Å². The Bertz CT molecular complexity index is 1050. The van der Waals surface area contributed by atoms with Gasteiger partial charge >= 0.3 is 156 Å². The van der Waals surface area contributed by atoms with Crippen molar-refractivity contribution in [1.82, 2.24) is 0 Å². The number of carboxylic acid groups (broad SMARTS) is 1. The molecular weight excluding hydrogens is 428 g/mol. The molecule has 0 saturated heterocycles. The Labute approximate surface area is 156 Å². The van der Waals surface area contributed by atoms with Crippen molar-refractivity contribution in [3.05, 3.63) is 48.0 Å². The molecule has 140 valence electrons. The van der Waals surface area contributed by atoms with E-state index < -0.39 is 49.4 Å². The van der Waals surface area contributed by atoms with Crippen LogP contribution in [0.5, 0.6) is 0 Å². The van der Waals surface area contributed by atoms with E-state index in [0.717, 1.165) is 5.39 Å². The molecule has 5 nitrogen and oxygen atoms in total. The Kier molecular flexibility index (Phi) is 5.11. The molecule has 1 aromatic heterocycles. The zero-order valence-electron chi connectivity index (χ0n) is 13.5. The van der Waals surface area contributed by atoms with E-state index in [9.17, 15) is 27.6 Å². The summed E-state index contributed by atoms with van der Waals surface area (Å²) >= 11 is -2.57. The van der Waals surface area contributed by atoms with Crippen molar-refractivity contribution in [3.8, 4) is 0 Å². The van der Waals surface area contributed by atoms with Crippen molar-refractivity contribution in [2.75, 3.05) is 0 Å². The van der Waals surface area contributed by atoms with E-state index in [1.54, 1.807) is 30.3 Å². The third-order valence-electron chi connectivity index (χ3n) is 3.95. The number of carboxylic acids is 1. The number of hydrogen-bond acceptors (Lipinski definition) is 4. The number of para-hydroxylation sites is 1. The molecule has 0 fully saturated rings. The normalized spacial score (nSPS) is 13.4. The summed E-state index contributed by atoms with van der Waals surface area (Å²) < 4.78 is 39.2. The summed E-state index contributed by atoms with van der Waals surface area (Å²) in [6, 6.07) is 11.6. The second-order valence-corrected chi connectivity index (χ2v) is 8.82. The average molecular weight is 440 g/mol. The van der Waals surface area contributed by atoms with Gasteiger partial charge in [-0.3, -0.25) is 0 Å². The van der Waals surface area contributed by atoms with E-state index in [4.69, 9.17) is 9.52 Å². The number of furan rings is 1. The van der Waals surface area contributed by atoms with Gasteiger partial charge in [0.15, 0.2) is 0 Å². The predicted octanol–water partition coefficient (Wildman–Crippen LogP) is 3.56. The van der Waals surface area contributed by atoms with Gasteiger partial charge in [-0.2, -0.15) is 0 Å². The fourth-order valence-electron chi connectivity index (χ4n) is 2.64. The Balaban J connectivity index is 1.86. The molecule has 0 aliphatic rings. The molecule has 27 heavy (non-hydrogen) atoms. The van der Waals surface area contributed by atoms with Gasteiger partial charge in [-0.15, -0.1) is 0 Å². The Hall–Kier alpha value is -2.60. The number of ketones is 1. The topological polar surface area (TPSA) is 84.6 Å². The Morgan fingerprint density at radius 1 is 1.04 bits per heavy atom. The van der Waals surface area contributed by atoms with Gasteiger partial charge in [-0.25, -0.2) is 0 Å². The number of aliphatic carboxylic acids is 1. The molecule has 9 heteroatoms. The first-order chi connectivity index (χ1) is 12.7. The molecule has 0 amide bonds. The molecule has 2 atom stereocenters. The molecule has 1 N–H and O–H groups in total. The number of Topliss-reactive ketones (excluding diaryl/α,β-unsaturated/α-hetero) is 1. The van der Waals surface area contributed by atoms with Crippen LogP contribution >= 0.6 is 0 Å². The summed E-state index contributed by atoms with van der Waals surface area (Å²) in [6.07, 6.45) is -5.73. The monoisotopic (exact) mass is 440 g/mol. The molecule has 0 aliphatic carbocycles. The van der Waals surface area contributed by atoms with Crippen molar-refractivity contribution < 1.29 is 37.1 Å². The van der Waals surface area contributed by atoms with Gasteiger partial charge < -0.3 is 0 Å². The molecule has 0 saturated carbocycles. The maximum absolute atomic E-state index is 12.4. The van der Waals surface area contributed by atoms with Crippen molar-refractivity contribution in [1.29, 1.82) is 0 Å². The molecule has 0 aliphatic heterocycles. The fraction of sp³-hybridized carbons (Fsp3) is 0.167. The molecule has 2 unspecified atom stereocenters. The van der Waals surface area contributed by atoms with Crippen LogP contribution in [0.15, 0.2) is 46.9 Å². The van der Waals surface area contributed by atoms with Crippen molar-refractivity contribution in [2.24, 2.45) is 0 Å². The van der Waals surface area contributed by atoms with Crippen LogP contribution in [0.3, 0.4) is 0 Å². The van der Waals surface area contributed by atoms with Crippen LogP contribution in [0.1, 0.15) is 16.8 Å². The number of carbonyl (C=O) groups excluding carboxylic acids is 2. The van der Waals surface area contributed by atoms with Gasteiger partial charge in [0, 0.05) is 0 Å². The molecule has 0 bridgehead atoms. The number of carbonyl (C=O) groups is 3. The zero-order valence-corrected chi connectivity index (χ0v) is 15.6. The number of hydrogen-bond donors (Lipinski definition) is 1. The summed E-state index contributed by atoms with van der Waals surface area (Å²) in [4.78, 5) is 34.8. The average Bonchev–Trinajstić information content (AvgIpc) is 2.97. The molecule has 3 rings (SSSR count). The summed E-state index contributed by atoms with van der Waals surface area (Å²) in [6.45, 7) is 0. The van der Waals surface area contributed by atoms with Gasteiger partial charge in [-0.1, -0.05) is 0 Å². The van der Waals surface area contributed by atoms with Crippen LogP contribution in [-0.2, 0) is 9.59 Å². The number of fused-ring (bicyclic) bond motifs is 3. The van der Waals surface area contributed by atoms with E-state index in [1.165, 1.54) is 12.1 Å². The second kappa shape index (κ2) is 7.19. The zero-order chi connectivity index (χ0) is 19.8. The molecular formula is C18H12AsF3O5. The van der Waals surface area contributed by atoms with Crippen LogP contribution in [0.4, 0.5) is 13.2 Å². The number of benzene rings is 2. The van der Waals surface area contributed by atoms with Gasteiger partial charge in [-0.05, 0) is 0 Å². The minimum absolute atomic E-state index is 0.159. The van der Waals surface area contributed by atoms with Crippen LogP contribution in [0, 0.1) is 0 Å². The summed E-state index contributed by atoms with van der Waals surface area (Å²) in [5.41, 5.74) is 1.30. The molecule has 3 aromatic rings. The van der Waals surface area contributed by atoms with Crippen LogP contribution in [0.2, 0.25) is 4.71 Å². The van der Waals surface area contributed by atoms with Gasteiger partial charge in [0.1, 0.15) is 0 Å². The first-order valence-corrected chi connectivity index (χ1v) is 9.98. The summed E-state index contributed by atoms with van der Waals surface area (Å²) in [5.74, 6) is -2.20. The molecule has 0 spiro atoms. The summed E-state index contributed by atoms with van der Waals surface area (Å²) in [5, 5.41) is 10.5. The molecule has 2 aromatic carbocycles. The summed E-state index contributed by atoms with van der Waals surface area (Å²) in [7, 11) is 0. The maximum atomic E-state index is 12.4. The Morgan fingerprint density at radius 2 is 1.70 bits per heavy atom.